The average molecular weight is 491 g/mol. The Morgan fingerprint density at radius 2 is 1.75 bits per heavy atom. The summed E-state index contributed by atoms with van der Waals surface area (Å²) in [6.07, 6.45) is 0. The first-order valence-corrected chi connectivity index (χ1v) is 11.9. The van der Waals surface area contributed by atoms with Gasteiger partial charge < -0.3 is 29.1 Å². The van der Waals surface area contributed by atoms with Crippen LogP contribution in [0.15, 0.2) is 66.7 Å². The Morgan fingerprint density at radius 1 is 1.00 bits per heavy atom. The van der Waals surface area contributed by atoms with Crippen LogP contribution in [0.1, 0.15) is 33.2 Å². The van der Waals surface area contributed by atoms with Gasteiger partial charge >= 0.3 is 5.97 Å². The minimum Gasteiger partial charge on any atom is -0.493 e. The van der Waals surface area contributed by atoms with Gasteiger partial charge in [0.05, 0.1) is 44.7 Å². The topological polar surface area (TPSA) is 88.5 Å². The largest absolute Gasteiger partial charge is 0.493 e. The standard InChI is InChI=1S/C28H30N2O6/c1-3-36-26-17-20(9-12-25(26)34-2)19-30(27(31)21-7-5-4-6-8-21)22-10-11-24(23(18-22)28(32)33)29-13-15-35-16-14-29/h4-12,17-18H,3,13-16,19H2,1-2H3,(H,32,33). The van der Waals surface area contributed by atoms with E-state index in [9.17, 15) is 14.7 Å². The molecule has 0 aromatic heterocycles. The van der Waals surface area contributed by atoms with Crippen LogP contribution in [0.3, 0.4) is 0 Å². The highest BCUT2D eigenvalue weighted by Gasteiger charge is 2.24. The smallest absolute Gasteiger partial charge is 0.337 e. The van der Waals surface area contributed by atoms with Gasteiger partial charge in [-0.2, -0.15) is 0 Å². The van der Waals surface area contributed by atoms with Crippen LogP contribution in [0, 0.1) is 0 Å². The highest BCUT2D eigenvalue weighted by atomic mass is 16.5. The van der Waals surface area contributed by atoms with Crippen molar-refractivity contribution in [3.05, 3.63) is 83.4 Å². The fourth-order valence-corrected chi connectivity index (χ4v) is 4.23. The van der Waals surface area contributed by atoms with Gasteiger partial charge in [0.1, 0.15) is 0 Å². The molecule has 4 rings (SSSR count). The van der Waals surface area contributed by atoms with Crippen LogP contribution in [0.5, 0.6) is 11.5 Å². The molecule has 0 radical (unpaired) electrons. The molecule has 8 nitrogen and oxygen atoms in total. The molecular weight excluding hydrogens is 460 g/mol. The summed E-state index contributed by atoms with van der Waals surface area (Å²) in [5, 5.41) is 10.0. The quantitative estimate of drug-likeness (QED) is 0.473. The Hall–Kier alpha value is -4.04. The molecule has 8 heteroatoms. The maximum Gasteiger partial charge on any atom is 0.337 e. The Kier molecular flexibility index (Phi) is 8.07. The molecule has 1 N–H and O–H groups in total. The van der Waals surface area contributed by atoms with Gasteiger partial charge in [0, 0.05) is 24.3 Å². The minimum atomic E-state index is -1.05. The van der Waals surface area contributed by atoms with Crippen LogP contribution in [0.4, 0.5) is 11.4 Å². The Labute approximate surface area is 210 Å². The third-order valence-electron chi connectivity index (χ3n) is 6.01. The van der Waals surface area contributed by atoms with Gasteiger partial charge in [-0.15, -0.1) is 0 Å². The number of methoxy groups -OCH3 is 1. The van der Waals surface area contributed by atoms with E-state index in [1.54, 1.807) is 60.5 Å². The molecule has 0 spiro atoms. The first-order chi connectivity index (χ1) is 17.5. The number of anilines is 2. The highest BCUT2D eigenvalue weighted by Crippen LogP contribution is 2.32. The lowest BCUT2D eigenvalue weighted by molar-refractivity contribution is 0.0696. The van der Waals surface area contributed by atoms with Crippen molar-refractivity contribution in [3.8, 4) is 11.5 Å². The van der Waals surface area contributed by atoms with Crippen molar-refractivity contribution in [1.82, 2.24) is 0 Å². The first kappa shape index (κ1) is 25.1. The fraction of sp³-hybridized carbons (Fsp3) is 0.286. The molecule has 1 amide bonds. The maximum absolute atomic E-state index is 13.6. The van der Waals surface area contributed by atoms with Gasteiger partial charge in [-0.25, -0.2) is 4.79 Å². The van der Waals surface area contributed by atoms with E-state index in [1.807, 2.05) is 30.0 Å². The van der Waals surface area contributed by atoms with Gasteiger partial charge in [-0.1, -0.05) is 24.3 Å². The molecule has 0 unspecified atom stereocenters. The lowest BCUT2D eigenvalue weighted by Crippen LogP contribution is -2.37. The minimum absolute atomic E-state index is 0.144. The monoisotopic (exact) mass is 490 g/mol. The number of rotatable bonds is 9. The normalized spacial score (nSPS) is 13.2. The second kappa shape index (κ2) is 11.6. The molecule has 0 saturated carbocycles. The maximum atomic E-state index is 13.6. The molecule has 1 fully saturated rings. The van der Waals surface area contributed by atoms with Crippen molar-refractivity contribution in [2.24, 2.45) is 0 Å². The molecule has 3 aromatic rings. The molecule has 1 aliphatic heterocycles. The van der Waals surface area contributed by atoms with Gasteiger partial charge in [-0.3, -0.25) is 4.79 Å². The van der Waals surface area contributed by atoms with Crippen LogP contribution < -0.4 is 19.3 Å². The SMILES string of the molecule is CCOc1cc(CN(C(=O)c2ccccc2)c2ccc(N3CCOCC3)c(C(=O)O)c2)ccc1OC. The predicted molar refractivity (Wildman–Crippen MR) is 138 cm³/mol. The zero-order chi connectivity index (χ0) is 25.5. The molecule has 0 atom stereocenters. The first-order valence-electron chi connectivity index (χ1n) is 11.9. The summed E-state index contributed by atoms with van der Waals surface area (Å²) in [5.74, 6) is -0.101. The molecular formula is C28H30N2O6. The summed E-state index contributed by atoms with van der Waals surface area (Å²) in [7, 11) is 1.58. The zero-order valence-corrected chi connectivity index (χ0v) is 20.5. The van der Waals surface area contributed by atoms with E-state index in [0.29, 0.717) is 61.3 Å². The van der Waals surface area contributed by atoms with Gasteiger partial charge in [0.15, 0.2) is 11.5 Å². The zero-order valence-electron chi connectivity index (χ0n) is 20.5. The molecule has 0 bridgehead atoms. The molecule has 1 aliphatic rings. The van der Waals surface area contributed by atoms with Crippen molar-refractivity contribution in [3.63, 3.8) is 0 Å². The number of morpholine rings is 1. The Bertz CT molecular complexity index is 1210. The fourth-order valence-electron chi connectivity index (χ4n) is 4.23. The number of carboxylic acids is 1. The molecule has 3 aromatic carbocycles. The van der Waals surface area contributed by atoms with Gasteiger partial charge in [0.25, 0.3) is 5.91 Å². The van der Waals surface area contributed by atoms with Gasteiger partial charge in [-0.05, 0) is 55.0 Å². The second-order valence-electron chi connectivity index (χ2n) is 8.28. The summed E-state index contributed by atoms with van der Waals surface area (Å²) in [4.78, 5) is 29.5. The van der Waals surface area contributed by atoms with E-state index in [4.69, 9.17) is 14.2 Å². The number of nitrogens with zero attached hydrogens (tertiary/aromatic N) is 2. The van der Waals surface area contributed by atoms with Crippen LogP contribution in [0.2, 0.25) is 0 Å². The number of carbonyl (C=O) groups is 2. The number of carboxylic acid groups (broad SMARTS) is 1. The van der Waals surface area contributed by atoms with Crippen LogP contribution in [-0.2, 0) is 11.3 Å². The average Bonchev–Trinajstić information content (AvgIpc) is 2.92. The lowest BCUT2D eigenvalue weighted by atomic mass is 10.1. The summed E-state index contributed by atoms with van der Waals surface area (Å²) >= 11 is 0. The third-order valence-corrected chi connectivity index (χ3v) is 6.01. The second-order valence-corrected chi connectivity index (χ2v) is 8.28. The van der Waals surface area contributed by atoms with E-state index >= 15 is 0 Å². The molecule has 1 heterocycles. The number of benzene rings is 3. The van der Waals surface area contributed by atoms with E-state index in [0.717, 1.165) is 5.56 Å². The Morgan fingerprint density at radius 3 is 2.42 bits per heavy atom. The Balaban J connectivity index is 1.75. The predicted octanol–water partition coefficient (Wildman–Crippen LogP) is 4.48. The molecule has 1 saturated heterocycles. The number of aromatic carboxylic acids is 1. The van der Waals surface area contributed by atoms with Crippen molar-refractivity contribution in [2.45, 2.75) is 13.5 Å². The highest BCUT2D eigenvalue weighted by molar-refractivity contribution is 6.07. The van der Waals surface area contributed by atoms with Crippen molar-refractivity contribution in [1.29, 1.82) is 0 Å². The van der Waals surface area contributed by atoms with E-state index < -0.39 is 5.97 Å². The van der Waals surface area contributed by atoms with E-state index in [2.05, 4.69) is 0 Å². The number of carbonyl (C=O) groups excluding carboxylic acids is 1. The van der Waals surface area contributed by atoms with Crippen molar-refractivity contribution >= 4 is 23.3 Å². The van der Waals surface area contributed by atoms with Crippen LogP contribution in [0.25, 0.3) is 0 Å². The van der Waals surface area contributed by atoms with Crippen molar-refractivity contribution < 1.29 is 28.9 Å². The van der Waals surface area contributed by atoms with Crippen molar-refractivity contribution in [2.75, 3.05) is 49.8 Å². The molecule has 0 aliphatic carbocycles. The number of amides is 1. The molecule has 188 valence electrons. The number of ether oxygens (including phenoxy) is 3. The summed E-state index contributed by atoms with van der Waals surface area (Å²) in [6.45, 7) is 4.88. The summed E-state index contributed by atoms with van der Waals surface area (Å²) in [6, 6.07) is 19.6. The van der Waals surface area contributed by atoms with Crippen LogP contribution >= 0.6 is 0 Å². The third kappa shape index (κ3) is 5.60. The number of hydrogen-bond acceptors (Lipinski definition) is 6. The lowest BCUT2D eigenvalue weighted by Gasteiger charge is -2.31. The molecule has 36 heavy (non-hydrogen) atoms. The van der Waals surface area contributed by atoms with E-state index in [1.165, 1.54) is 0 Å². The summed E-state index contributed by atoms with van der Waals surface area (Å²) < 4.78 is 16.5. The van der Waals surface area contributed by atoms with E-state index in [-0.39, 0.29) is 18.0 Å². The summed E-state index contributed by atoms with van der Waals surface area (Å²) in [5.41, 5.74) is 2.57. The van der Waals surface area contributed by atoms with Gasteiger partial charge in [0.2, 0.25) is 0 Å². The van der Waals surface area contributed by atoms with Crippen LogP contribution in [-0.4, -0.2) is 57.0 Å². The number of hydrogen-bond donors (Lipinski definition) is 1.